The Bertz CT molecular complexity index is 507. The monoisotopic (exact) mass is 321 g/mol. The number of piperidine rings is 1. The number of carbonyl (C=O) groups excluding carboxylic acids is 2. The number of hydrogen-bond donors (Lipinski definition) is 2. The highest BCUT2D eigenvalue weighted by molar-refractivity contribution is 5.97. The minimum absolute atomic E-state index is 0.168. The van der Waals surface area contributed by atoms with E-state index < -0.39 is 6.04 Å². The maximum absolute atomic E-state index is 12.1. The Hall–Kier alpha value is -1.82. The fraction of sp³-hybridized carbons (Fsp3) is 0.647. The molecule has 1 fully saturated rings. The van der Waals surface area contributed by atoms with Crippen LogP contribution in [0.1, 0.15) is 44.0 Å². The molecule has 2 rings (SSSR count). The molecule has 6 nitrogen and oxygen atoms in total. The molecule has 0 aliphatic carbocycles. The minimum atomic E-state index is -0.578. The average Bonchev–Trinajstić information content (AvgIpc) is 3.07. The number of nitrogens with zero attached hydrogens (tertiary/aromatic N) is 1. The Balaban J connectivity index is 1.72. The van der Waals surface area contributed by atoms with Gasteiger partial charge in [-0.2, -0.15) is 0 Å². The summed E-state index contributed by atoms with van der Waals surface area (Å²) in [7, 11) is 0. The van der Waals surface area contributed by atoms with Crippen LogP contribution in [0.25, 0.3) is 0 Å². The van der Waals surface area contributed by atoms with Crippen LogP contribution in [-0.2, 0) is 4.79 Å². The first kappa shape index (κ1) is 17.5. The zero-order chi connectivity index (χ0) is 16.8. The van der Waals surface area contributed by atoms with E-state index in [0.29, 0.717) is 18.2 Å². The summed E-state index contributed by atoms with van der Waals surface area (Å²) in [5.74, 6) is 0.324. The van der Waals surface area contributed by atoms with E-state index >= 15 is 0 Å². The van der Waals surface area contributed by atoms with E-state index in [4.69, 9.17) is 4.42 Å². The third kappa shape index (κ3) is 5.10. The van der Waals surface area contributed by atoms with E-state index in [1.54, 1.807) is 13.0 Å². The smallest absolute Gasteiger partial charge is 0.255 e. The van der Waals surface area contributed by atoms with Crippen molar-refractivity contribution in [3.63, 3.8) is 0 Å². The summed E-state index contributed by atoms with van der Waals surface area (Å²) in [6, 6.07) is 1.30. The summed E-state index contributed by atoms with van der Waals surface area (Å²) in [5.41, 5.74) is 0.417. The van der Waals surface area contributed by atoms with Crippen LogP contribution in [-0.4, -0.2) is 48.4 Å². The van der Waals surface area contributed by atoms with Gasteiger partial charge < -0.3 is 15.1 Å². The first-order chi connectivity index (χ1) is 11.0. The first-order valence-electron chi connectivity index (χ1n) is 8.32. The highest BCUT2D eigenvalue weighted by Crippen LogP contribution is 2.17. The average molecular weight is 321 g/mol. The van der Waals surface area contributed by atoms with Crippen LogP contribution in [0.2, 0.25) is 0 Å². The van der Waals surface area contributed by atoms with Crippen molar-refractivity contribution in [2.45, 2.75) is 45.7 Å². The summed E-state index contributed by atoms with van der Waals surface area (Å²) >= 11 is 0. The number of likely N-dealkylation sites (tertiary alicyclic amines) is 1. The Morgan fingerprint density at radius 1 is 1.35 bits per heavy atom. The van der Waals surface area contributed by atoms with Gasteiger partial charge in [0.1, 0.15) is 12.3 Å². The number of furan rings is 1. The molecule has 1 aromatic rings. The Morgan fingerprint density at radius 2 is 2.04 bits per heavy atom. The van der Waals surface area contributed by atoms with Gasteiger partial charge in [-0.1, -0.05) is 6.92 Å². The zero-order valence-electron chi connectivity index (χ0n) is 14.2. The van der Waals surface area contributed by atoms with Gasteiger partial charge in [-0.25, -0.2) is 0 Å². The molecule has 2 N–H and O–H groups in total. The third-order valence-corrected chi connectivity index (χ3v) is 4.54. The normalized spacial score (nSPS) is 19.1. The van der Waals surface area contributed by atoms with Crippen molar-refractivity contribution < 1.29 is 14.0 Å². The van der Waals surface area contributed by atoms with Crippen molar-refractivity contribution >= 4 is 11.8 Å². The molecule has 23 heavy (non-hydrogen) atoms. The molecule has 0 spiro atoms. The lowest BCUT2D eigenvalue weighted by molar-refractivity contribution is -0.122. The van der Waals surface area contributed by atoms with Crippen molar-refractivity contribution in [3.8, 4) is 0 Å². The van der Waals surface area contributed by atoms with E-state index in [2.05, 4.69) is 29.4 Å². The van der Waals surface area contributed by atoms with Crippen LogP contribution in [0.4, 0.5) is 0 Å². The van der Waals surface area contributed by atoms with E-state index in [1.165, 1.54) is 25.4 Å². The van der Waals surface area contributed by atoms with E-state index in [0.717, 1.165) is 19.0 Å². The lowest BCUT2D eigenvalue weighted by Gasteiger charge is -2.35. The molecule has 0 saturated carbocycles. The lowest BCUT2D eigenvalue weighted by atomic mass is 9.98. The molecule has 1 aliphatic heterocycles. The van der Waals surface area contributed by atoms with Gasteiger partial charge >= 0.3 is 0 Å². The van der Waals surface area contributed by atoms with Gasteiger partial charge in [0, 0.05) is 12.6 Å². The van der Waals surface area contributed by atoms with Gasteiger partial charge in [0.2, 0.25) is 5.91 Å². The van der Waals surface area contributed by atoms with Gasteiger partial charge in [0.15, 0.2) is 0 Å². The number of nitrogens with one attached hydrogen (secondary N) is 2. The first-order valence-corrected chi connectivity index (χ1v) is 8.32. The summed E-state index contributed by atoms with van der Waals surface area (Å²) in [5, 5.41) is 5.59. The van der Waals surface area contributed by atoms with Gasteiger partial charge in [0.25, 0.3) is 5.91 Å². The van der Waals surface area contributed by atoms with Crippen LogP contribution in [0, 0.1) is 5.92 Å². The van der Waals surface area contributed by atoms with Crippen molar-refractivity contribution in [1.29, 1.82) is 0 Å². The van der Waals surface area contributed by atoms with Crippen LogP contribution >= 0.6 is 0 Å². The molecule has 2 unspecified atom stereocenters. The quantitative estimate of drug-likeness (QED) is 0.835. The Morgan fingerprint density at radius 3 is 2.65 bits per heavy atom. The molecule has 1 aromatic heterocycles. The number of hydrogen-bond acceptors (Lipinski definition) is 4. The van der Waals surface area contributed by atoms with Crippen LogP contribution in [0.3, 0.4) is 0 Å². The molecule has 2 amide bonds. The zero-order valence-corrected chi connectivity index (χ0v) is 14.2. The van der Waals surface area contributed by atoms with Gasteiger partial charge in [-0.05, 0) is 51.8 Å². The maximum Gasteiger partial charge on any atom is 0.255 e. The molecule has 0 bridgehead atoms. The summed E-state index contributed by atoms with van der Waals surface area (Å²) in [6.45, 7) is 8.87. The van der Waals surface area contributed by atoms with E-state index in [-0.39, 0.29) is 11.8 Å². The van der Waals surface area contributed by atoms with Gasteiger partial charge in [0.05, 0.1) is 11.8 Å². The second kappa shape index (κ2) is 8.15. The van der Waals surface area contributed by atoms with Crippen LogP contribution < -0.4 is 10.6 Å². The number of carbonyl (C=O) groups is 2. The van der Waals surface area contributed by atoms with E-state index in [9.17, 15) is 9.59 Å². The van der Waals surface area contributed by atoms with Crippen molar-refractivity contribution in [1.82, 2.24) is 15.5 Å². The van der Waals surface area contributed by atoms with Gasteiger partial charge in [-0.3, -0.25) is 14.5 Å². The van der Waals surface area contributed by atoms with Crippen LogP contribution in [0.15, 0.2) is 23.0 Å². The fourth-order valence-electron chi connectivity index (χ4n) is 2.74. The predicted molar refractivity (Wildman–Crippen MR) is 88.1 cm³/mol. The molecule has 1 aliphatic rings. The summed E-state index contributed by atoms with van der Waals surface area (Å²) in [6.07, 6.45) is 5.23. The van der Waals surface area contributed by atoms with E-state index in [1.807, 2.05) is 0 Å². The molecule has 0 aromatic carbocycles. The Kier molecular flexibility index (Phi) is 6.21. The van der Waals surface area contributed by atoms with Crippen molar-refractivity contribution in [3.05, 3.63) is 24.2 Å². The molecule has 2 atom stereocenters. The molecule has 0 radical (unpaired) electrons. The lowest BCUT2D eigenvalue weighted by Crippen LogP contribution is -2.50. The van der Waals surface area contributed by atoms with Crippen LogP contribution in [0.5, 0.6) is 0 Å². The standard InChI is InChI=1S/C17H27N3O3/c1-12-4-7-20(8-5-12)13(2)10-18-16(21)14(3)19-17(22)15-6-9-23-11-15/h6,9,11-14H,4-5,7-8,10H2,1-3H3,(H,18,21)(H,19,22). The predicted octanol–water partition coefficient (Wildman–Crippen LogP) is 1.63. The number of amides is 2. The maximum atomic E-state index is 12.1. The summed E-state index contributed by atoms with van der Waals surface area (Å²) < 4.78 is 4.86. The Labute approximate surface area is 137 Å². The second-order valence-corrected chi connectivity index (χ2v) is 6.52. The van der Waals surface area contributed by atoms with Gasteiger partial charge in [-0.15, -0.1) is 0 Å². The molecular weight excluding hydrogens is 294 g/mol. The fourth-order valence-corrected chi connectivity index (χ4v) is 2.74. The topological polar surface area (TPSA) is 74.6 Å². The second-order valence-electron chi connectivity index (χ2n) is 6.52. The minimum Gasteiger partial charge on any atom is -0.472 e. The molecular formula is C17H27N3O3. The SMILES string of the molecule is CC1CCN(C(C)CNC(=O)C(C)NC(=O)c2ccoc2)CC1. The summed E-state index contributed by atoms with van der Waals surface area (Å²) in [4.78, 5) is 26.4. The third-order valence-electron chi connectivity index (χ3n) is 4.54. The highest BCUT2D eigenvalue weighted by Gasteiger charge is 2.22. The van der Waals surface area contributed by atoms with Crippen molar-refractivity contribution in [2.24, 2.45) is 5.92 Å². The number of rotatable bonds is 6. The largest absolute Gasteiger partial charge is 0.472 e. The molecule has 6 heteroatoms. The molecule has 2 heterocycles. The van der Waals surface area contributed by atoms with Crippen molar-refractivity contribution in [2.75, 3.05) is 19.6 Å². The molecule has 1 saturated heterocycles. The molecule has 128 valence electrons. The highest BCUT2D eigenvalue weighted by atomic mass is 16.3.